The third-order valence-electron chi connectivity index (χ3n) is 3.60. The molecule has 1 N–H and O–H groups in total. The Bertz CT molecular complexity index is 403. The van der Waals surface area contributed by atoms with E-state index in [0.29, 0.717) is 12.1 Å². The van der Waals surface area contributed by atoms with Crippen LogP contribution in [0.2, 0.25) is 0 Å². The Morgan fingerprint density at radius 3 is 2.83 bits per heavy atom. The molecule has 0 spiro atoms. The van der Waals surface area contributed by atoms with E-state index in [1.54, 1.807) is 12.1 Å². The Kier molecular flexibility index (Phi) is 4.23. The van der Waals surface area contributed by atoms with Crippen LogP contribution in [0.5, 0.6) is 0 Å². The standard InChI is InChI=1S/C15H23FN2/c1-11(2)17-10-13-9-14(16)6-7-15(13)18-8-4-5-12(18)3/h6-7,9,11-12,17H,4-5,8,10H2,1-3H3. The average Bonchev–Trinajstić information content (AvgIpc) is 2.73. The number of rotatable bonds is 4. The van der Waals surface area contributed by atoms with Crippen molar-refractivity contribution in [3.8, 4) is 0 Å². The lowest BCUT2D eigenvalue weighted by molar-refractivity contribution is 0.579. The van der Waals surface area contributed by atoms with E-state index in [9.17, 15) is 4.39 Å². The topological polar surface area (TPSA) is 15.3 Å². The van der Waals surface area contributed by atoms with Crippen LogP contribution in [0.4, 0.5) is 10.1 Å². The Morgan fingerprint density at radius 2 is 2.22 bits per heavy atom. The summed E-state index contributed by atoms with van der Waals surface area (Å²) in [5.74, 6) is -0.147. The number of nitrogens with one attached hydrogen (secondary N) is 1. The molecule has 1 fully saturated rings. The lowest BCUT2D eigenvalue weighted by atomic mass is 10.1. The van der Waals surface area contributed by atoms with Crippen molar-refractivity contribution in [3.05, 3.63) is 29.6 Å². The minimum atomic E-state index is -0.147. The van der Waals surface area contributed by atoms with Gasteiger partial charge in [0.25, 0.3) is 0 Å². The Balaban J connectivity index is 2.22. The highest BCUT2D eigenvalue weighted by atomic mass is 19.1. The number of hydrogen-bond acceptors (Lipinski definition) is 2. The lowest BCUT2D eigenvalue weighted by Crippen LogP contribution is -2.29. The van der Waals surface area contributed by atoms with E-state index in [0.717, 1.165) is 18.7 Å². The maximum Gasteiger partial charge on any atom is 0.123 e. The molecule has 1 saturated heterocycles. The lowest BCUT2D eigenvalue weighted by Gasteiger charge is -2.27. The molecule has 0 saturated carbocycles. The van der Waals surface area contributed by atoms with Crippen LogP contribution in [0.25, 0.3) is 0 Å². The van der Waals surface area contributed by atoms with Crippen LogP contribution < -0.4 is 10.2 Å². The van der Waals surface area contributed by atoms with Crippen molar-refractivity contribution in [1.82, 2.24) is 5.32 Å². The molecule has 2 nitrogen and oxygen atoms in total. The second kappa shape index (κ2) is 5.70. The van der Waals surface area contributed by atoms with E-state index >= 15 is 0 Å². The zero-order valence-corrected chi connectivity index (χ0v) is 11.5. The van der Waals surface area contributed by atoms with E-state index in [1.807, 2.05) is 6.07 Å². The Morgan fingerprint density at radius 1 is 1.44 bits per heavy atom. The summed E-state index contributed by atoms with van der Waals surface area (Å²) in [6.07, 6.45) is 2.46. The number of hydrogen-bond donors (Lipinski definition) is 1. The van der Waals surface area contributed by atoms with Gasteiger partial charge in [-0.1, -0.05) is 13.8 Å². The van der Waals surface area contributed by atoms with Gasteiger partial charge in [-0.3, -0.25) is 0 Å². The van der Waals surface area contributed by atoms with E-state index in [4.69, 9.17) is 0 Å². The minimum absolute atomic E-state index is 0.147. The molecular weight excluding hydrogens is 227 g/mol. The fourth-order valence-electron chi connectivity index (χ4n) is 2.58. The third kappa shape index (κ3) is 3.02. The highest BCUT2D eigenvalue weighted by Crippen LogP contribution is 2.29. The zero-order valence-electron chi connectivity index (χ0n) is 11.5. The highest BCUT2D eigenvalue weighted by molar-refractivity contribution is 5.55. The number of benzene rings is 1. The van der Waals surface area contributed by atoms with E-state index in [1.165, 1.54) is 18.5 Å². The first-order valence-corrected chi connectivity index (χ1v) is 6.86. The molecule has 0 aliphatic carbocycles. The summed E-state index contributed by atoms with van der Waals surface area (Å²) in [6.45, 7) is 8.28. The van der Waals surface area contributed by atoms with Gasteiger partial charge in [-0.2, -0.15) is 0 Å². The molecule has 1 aromatic carbocycles. The minimum Gasteiger partial charge on any atom is -0.369 e. The first kappa shape index (κ1) is 13.3. The van der Waals surface area contributed by atoms with E-state index < -0.39 is 0 Å². The van der Waals surface area contributed by atoms with Gasteiger partial charge in [0.1, 0.15) is 5.82 Å². The summed E-state index contributed by atoms with van der Waals surface area (Å²) in [7, 11) is 0. The largest absolute Gasteiger partial charge is 0.369 e. The maximum absolute atomic E-state index is 13.4. The van der Waals surface area contributed by atoms with Gasteiger partial charge in [0.15, 0.2) is 0 Å². The first-order valence-electron chi connectivity index (χ1n) is 6.86. The normalized spacial score (nSPS) is 19.8. The first-order chi connectivity index (χ1) is 8.58. The summed E-state index contributed by atoms with van der Waals surface area (Å²) in [4.78, 5) is 2.40. The van der Waals surface area contributed by atoms with Gasteiger partial charge in [-0.25, -0.2) is 4.39 Å². The molecule has 3 heteroatoms. The van der Waals surface area contributed by atoms with Crippen molar-refractivity contribution < 1.29 is 4.39 Å². The third-order valence-corrected chi connectivity index (χ3v) is 3.60. The second-order valence-electron chi connectivity index (χ2n) is 5.49. The summed E-state index contributed by atoms with van der Waals surface area (Å²) in [5.41, 5.74) is 2.26. The van der Waals surface area contributed by atoms with Crippen LogP contribution in [0, 0.1) is 5.82 Å². The highest BCUT2D eigenvalue weighted by Gasteiger charge is 2.22. The van der Waals surface area contributed by atoms with E-state index in [-0.39, 0.29) is 5.82 Å². The van der Waals surface area contributed by atoms with Crippen molar-refractivity contribution in [1.29, 1.82) is 0 Å². The van der Waals surface area contributed by atoms with Crippen LogP contribution in [-0.2, 0) is 6.54 Å². The molecule has 1 aliphatic heterocycles. The summed E-state index contributed by atoms with van der Waals surface area (Å²) < 4.78 is 13.4. The summed E-state index contributed by atoms with van der Waals surface area (Å²) >= 11 is 0. The molecule has 1 atom stereocenters. The van der Waals surface area contributed by atoms with Crippen LogP contribution in [-0.4, -0.2) is 18.6 Å². The zero-order chi connectivity index (χ0) is 13.1. The SMILES string of the molecule is CC(C)NCc1cc(F)ccc1N1CCCC1C. The second-order valence-corrected chi connectivity index (χ2v) is 5.49. The molecule has 0 aromatic heterocycles. The molecule has 2 rings (SSSR count). The molecule has 1 unspecified atom stereocenters. The van der Waals surface area contributed by atoms with Gasteiger partial charge in [0.05, 0.1) is 0 Å². The summed E-state index contributed by atoms with van der Waals surface area (Å²) in [6, 6.07) is 6.13. The fourth-order valence-corrected chi connectivity index (χ4v) is 2.58. The molecular formula is C15H23FN2. The van der Waals surface area contributed by atoms with Gasteiger partial charge >= 0.3 is 0 Å². The van der Waals surface area contributed by atoms with Crippen molar-refractivity contribution in [2.75, 3.05) is 11.4 Å². The molecule has 0 bridgehead atoms. The molecule has 0 amide bonds. The van der Waals surface area contributed by atoms with Gasteiger partial charge in [0.2, 0.25) is 0 Å². The Hall–Kier alpha value is -1.09. The quantitative estimate of drug-likeness (QED) is 0.882. The predicted molar refractivity (Wildman–Crippen MR) is 74.4 cm³/mol. The van der Waals surface area contributed by atoms with Crippen LogP contribution in [0.3, 0.4) is 0 Å². The smallest absolute Gasteiger partial charge is 0.123 e. The maximum atomic E-state index is 13.4. The van der Waals surface area contributed by atoms with Gasteiger partial charge < -0.3 is 10.2 Å². The number of anilines is 1. The van der Waals surface area contributed by atoms with Crippen molar-refractivity contribution >= 4 is 5.69 Å². The Labute approximate surface area is 109 Å². The fraction of sp³-hybridized carbons (Fsp3) is 0.600. The molecule has 0 radical (unpaired) electrons. The van der Waals surface area contributed by atoms with Crippen LogP contribution in [0.15, 0.2) is 18.2 Å². The van der Waals surface area contributed by atoms with E-state index in [2.05, 4.69) is 31.0 Å². The molecule has 1 heterocycles. The monoisotopic (exact) mass is 250 g/mol. The van der Waals surface area contributed by atoms with Gasteiger partial charge in [-0.05, 0) is 43.5 Å². The van der Waals surface area contributed by atoms with Crippen molar-refractivity contribution in [2.45, 2.75) is 52.2 Å². The van der Waals surface area contributed by atoms with Gasteiger partial charge in [-0.15, -0.1) is 0 Å². The predicted octanol–water partition coefficient (Wildman–Crippen LogP) is 3.31. The van der Waals surface area contributed by atoms with Crippen molar-refractivity contribution in [3.63, 3.8) is 0 Å². The molecule has 1 aromatic rings. The van der Waals surface area contributed by atoms with Crippen molar-refractivity contribution in [2.24, 2.45) is 0 Å². The molecule has 1 aliphatic rings. The number of halogens is 1. The van der Waals surface area contributed by atoms with Crippen LogP contribution >= 0.6 is 0 Å². The van der Waals surface area contributed by atoms with Crippen LogP contribution in [0.1, 0.15) is 39.2 Å². The average molecular weight is 250 g/mol. The molecule has 100 valence electrons. The summed E-state index contributed by atoms with van der Waals surface area (Å²) in [5, 5.41) is 3.37. The number of nitrogens with zero attached hydrogens (tertiary/aromatic N) is 1. The van der Waals surface area contributed by atoms with Gasteiger partial charge in [0, 0.05) is 30.9 Å². The molecule has 18 heavy (non-hydrogen) atoms.